The minimum atomic E-state index is 0.832. The van der Waals surface area contributed by atoms with Gasteiger partial charge in [0.1, 0.15) is 5.75 Å². The smallest absolute Gasteiger partial charge is 0.122 e. The van der Waals surface area contributed by atoms with E-state index in [1.54, 1.807) is 0 Å². The molecular weight excluding hydrogens is 198 g/mol. The van der Waals surface area contributed by atoms with E-state index >= 15 is 0 Å². The SMILES string of the molecule is CCNCC(C)=Cc1ccc2c(c1)CCO2. The summed E-state index contributed by atoms with van der Waals surface area (Å²) >= 11 is 0. The standard InChI is InChI=1S/C14H19NO/c1-3-15-10-11(2)8-12-4-5-14-13(9-12)6-7-16-14/h4-5,8-9,15H,3,6-7,10H2,1-2H3. The summed E-state index contributed by atoms with van der Waals surface area (Å²) < 4.78 is 5.49. The first kappa shape index (κ1) is 11.2. The van der Waals surface area contributed by atoms with Crippen molar-refractivity contribution in [2.45, 2.75) is 20.3 Å². The molecular formula is C14H19NO. The van der Waals surface area contributed by atoms with Crippen LogP contribution in [-0.4, -0.2) is 19.7 Å². The van der Waals surface area contributed by atoms with E-state index < -0.39 is 0 Å². The molecule has 0 unspecified atom stereocenters. The zero-order chi connectivity index (χ0) is 11.4. The summed E-state index contributed by atoms with van der Waals surface area (Å²) in [6.45, 7) is 7.10. The van der Waals surface area contributed by atoms with Gasteiger partial charge in [0, 0.05) is 13.0 Å². The van der Waals surface area contributed by atoms with Crippen LogP contribution in [-0.2, 0) is 6.42 Å². The molecule has 1 N–H and O–H groups in total. The largest absolute Gasteiger partial charge is 0.493 e. The maximum absolute atomic E-state index is 5.49. The zero-order valence-corrected chi connectivity index (χ0v) is 10.0. The lowest BCUT2D eigenvalue weighted by Gasteiger charge is -2.03. The average Bonchev–Trinajstić information content (AvgIpc) is 2.73. The molecule has 2 heteroatoms. The van der Waals surface area contributed by atoms with E-state index in [4.69, 9.17) is 4.74 Å². The Bertz CT molecular complexity index is 396. The Balaban J connectivity index is 2.09. The Morgan fingerprint density at radius 1 is 1.50 bits per heavy atom. The van der Waals surface area contributed by atoms with E-state index in [2.05, 4.69) is 43.4 Å². The van der Waals surface area contributed by atoms with Gasteiger partial charge in [-0.1, -0.05) is 24.6 Å². The van der Waals surface area contributed by atoms with Crippen LogP contribution in [0.4, 0.5) is 0 Å². The van der Waals surface area contributed by atoms with Gasteiger partial charge in [-0.05, 0) is 36.7 Å². The van der Waals surface area contributed by atoms with E-state index in [0.29, 0.717) is 0 Å². The number of likely N-dealkylation sites (N-methyl/N-ethyl adjacent to an activating group) is 1. The molecule has 0 saturated heterocycles. The molecule has 1 aromatic rings. The van der Waals surface area contributed by atoms with Crippen molar-refractivity contribution in [2.75, 3.05) is 19.7 Å². The van der Waals surface area contributed by atoms with Gasteiger partial charge in [-0.2, -0.15) is 0 Å². The quantitative estimate of drug-likeness (QED) is 0.837. The maximum atomic E-state index is 5.49. The molecule has 1 aliphatic rings. The van der Waals surface area contributed by atoms with E-state index in [1.165, 1.54) is 16.7 Å². The topological polar surface area (TPSA) is 21.3 Å². The fourth-order valence-corrected chi connectivity index (χ4v) is 1.95. The highest BCUT2D eigenvalue weighted by Crippen LogP contribution is 2.26. The first-order chi connectivity index (χ1) is 7.79. The first-order valence-electron chi connectivity index (χ1n) is 5.93. The second kappa shape index (κ2) is 5.17. The normalized spacial score (nSPS) is 14.8. The van der Waals surface area contributed by atoms with Gasteiger partial charge in [0.05, 0.1) is 6.61 Å². The average molecular weight is 217 g/mol. The highest BCUT2D eigenvalue weighted by molar-refractivity contribution is 5.56. The van der Waals surface area contributed by atoms with Crippen LogP contribution in [0.25, 0.3) is 6.08 Å². The Labute approximate surface area is 97.3 Å². The molecule has 0 saturated carbocycles. The minimum absolute atomic E-state index is 0.832. The van der Waals surface area contributed by atoms with Crippen molar-refractivity contribution < 1.29 is 4.74 Å². The lowest BCUT2D eigenvalue weighted by Crippen LogP contribution is -2.14. The van der Waals surface area contributed by atoms with Crippen LogP contribution in [0.2, 0.25) is 0 Å². The number of hydrogen-bond acceptors (Lipinski definition) is 2. The Morgan fingerprint density at radius 3 is 3.19 bits per heavy atom. The summed E-state index contributed by atoms with van der Waals surface area (Å²) in [5.41, 5.74) is 3.98. The molecule has 0 bridgehead atoms. The molecule has 0 atom stereocenters. The predicted molar refractivity (Wildman–Crippen MR) is 67.8 cm³/mol. The van der Waals surface area contributed by atoms with E-state index in [1.807, 2.05) is 0 Å². The minimum Gasteiger partial charge on any atom is -0.493 e. The molecule has 1 aliphatic heterocycles. The number of hydrogen-bond donors (Lipinski definition) is 1. The number of nitrogens with one attached hydrogen (secondary N) is 1. The molecule has 0 fully saturated rings. The second-order valence-electron chi connectivity index (χ2n) is 4.24. The summed E-state index contributed by atoms with van der Waals surface area (Å²) in [5.74, 6) is 1.06. The van der Waals surface area contributed by atoms with Gasteiger partial charge in [-0.25, -0.2) is 0 Å². The molecule has 86 valence electrons. The Morgan fingerprint density at radius 2 is 2.38 bits per heavy atom. The number of benzene rings is 1. The van der Waals surface area contributed by atoms with Gasteiger partial charge in [0.25, 0.3) is 0 Å². The summed E-state index contributed by atoms with van der Waals surface area (Å²) in [4.78, 5) is 0. The van der Waals surface area contributed by atoms with E-state index in [9.17, 15) is 0 Å². The van der Waals surface area contributed by atoms with Crippen LogP contribution < -0.4 is 10.1 Å². The van der Waals surface area contributed by atoms with Gasteiger partial charge in [-0.3, -0.25) is 0 Å². The molecule has 0 aromatic heterocycles. The van der Waals surface area contributed by atoms with Crippen molar-refractivity contribution in [1.82, 2.24) is 5.32 Å². The first-order valence-corrected chi connectivity index (χ1v) is 5.93. The molecule has 0 amide bonds. The van der Waals surface area contributed by atoms with Crippen molar-refractivity contribution in [1.29, 1.82) is 0 Å². The molecule has 0 aliphatic carbocycles. The summed E-state index contributed by atoms with van der Waals surface area (Å²) in [6, 6.07) is 6.44. The van der Waals surface area contributed by atoms with Crippen molar-refractivity contribution >= 4 is 6.08 Å². The molecule has 1 heterocycles. The third-order valence-corrected chi connectivity index (χ3v) is 2.78. The van der Waals surface area contributed by atoms with Crippen molar-refractivity contribution in [3.05, 3.63) is 34.9 Å². The second-order valence-corrected chi connectivity index (χ2v) is 4.24. The van der Waals surface area contributed by atoms with Crippen LogP contribution >= 0.6 is 0 Å². The molecule has 2 rings (SSSR count). The third-order valence-electron chi connectivity index (χ3n) is 2.78. The van der Waals surface area contributed by atoms with Crippen molar-refractivity contribution in [3.63, 3.8) is 0 Å². The maximum Gasteiger partial charge on any atom is 0.122 e. The third kappa shape index (κ3) is 2.64. The van der Waals surface area contributed by atoms with Crippen LogP contribution in [0.3, 0.4) is 0 Å². The van der Waals surface area contributed by atoms with Gasteiger partial charge in [0.2, 0.25) is 0 Å². The number of ether oxygens (including phenoxy) is 1. The van der Waals surface area contributed by atoms with Crippen LogP contribution in [0.15, 0.2) is 23.8 Å². The molecule has 2 nitrogen and oxygen atoms in total. The number of fused-ring (bicyclic) bond motifs is 1. The molecule has 0 spiro atoms. The van der Waals surface area contributed by atoms with Gasteiger partial charge < -0.3 is 10.1 Å². The van der Waals surface area contributed by atoms with Crippen LogP contribution in [0.1, 0.15) is 25.0 Å². The molecule has 1 aromatic carbocycles. The highest BCUT2D eigenvalue weighted by atomic mass is 16.5. The fourth-order valence-electron chi connectivity index (χ4n) is 1.95. The van der Waals surface area contributed by atoms with Crippen molar-refractivity contribution in [2.24, 2.45) is 0 Å². The zero-order valence-electron chi connectivity index (χ0n) is 10.0. The van der Waals surface area contributed by atoms with Gasteiger partial charge in [0.15, 0.2) is 0 Å². The van der Waals surface area contributed by atoms with E-state index in [-0.39, 0.29) is 0 Å². The van der Waals surface area contributed by atoms with Gasteiger partial charge >= 0.3 is 0 Å². The molecule has 16 heavy (non-hydrogen) atoms. The fraction of sp³-hybridized carbons (Fsp3) is 0.429. The summed E-state index contributed by atoms with van der Waals surface area (Å²) in [7, 11) is 0. The highest BCUT2D eigenvalue weighted by Gasteiger charge is 2.10. The van der Waals surface area contributed by atoms with Crippen LogP contribution in [0, 0.1) is 0 Å². The Hall–Kier alpha value is -1.28. The number of rotatable bonds is 4. The monoisotopic (exact) mass is 217 g/mol. The summed E-state index contributed by atoms with van der Waals surface area (Å²) in [5, 5.41) is 3.33. The van der Waals surface area contributed by atoms with Crippen LogP contribution in [0.5, 0.6) is 5.75 Å². The predicted octanol–water partition coefficient (Wildman–Crippen LogP) is 2.63. The lowest BCUT2D eigenvalue weighted by atomic mass is 10.1. The Kier molecular flexibility index (Phi) is 3.62. The van der Waals surface area contributed by atoms with E-state index in [0.717, 1.165) is 31.9 Å². The van der Waals surface area contributed by atoms with Crippen molar-refractivity contribution in [3.8, 4) is 5.75 Å². The summed E-state index contributed by atoms with van der Waals surface area (Å²) in [6.07, 6.45) is 3.28. The lowest BCUT2D eigenvalue weighted by molar-refractivity contribution is 0.357. The van der Waals surface area contributed by atoms with Gasteiger partial charge in [-0.15, -0.1) is 0 Å². The molecule has 0 radical (unpaired) electrons.